The molecule has 3 aromatic heterocycles. The van der Waals surface area contributed by atoms with E-state index in [1.165, 1.54) is 0 Å². The number of aliphatic hydroxyl groups excluding tert-OH is 1. The predicted molar refractivity (Wildman–Crippen MR) is 99.1 cm³/mol. The number of fused-ring (bicyclic) bond motifs is 3. The number of halogens is 1. The average molecular weight is 402 g/mol. The Kier molecular flexibility index (Phi) is 3.73. The number of aryl methyl sites for hydroxylation is 2. The molecule has 0 unspecified atom stereocenters. The van der Waals surface area contributed by atoms with Crippen LogP contribution < -0.4 is 5.69 Å². The third-order valence-electron chi connectivity index (χ3n) is 4.34. The molecule has 0 spiro atoms. The molecular formula is C17H16BrN5O2. The van der Waals surface area contributed by atoms with Crippen LogP contribution in [0.5, 0.6) is 0 Å². The molecule has 1 aromatic carbocycles. The molecule has 8 heteroatoms. The van der Waals surface area contributed by atoms with Crippen molar-refractivity contribution in [2.24, 2.45) is 7.05 Å². The second-order valence-corrected chi connectivity index (χ2v) is 6.83. The monoisotopic (exact) mass is 401 g/mol. The highest BCUT2D eigenvalue weighted by atomic mass is 79.9. The summed E-state index contributed by atoms with van der Waals surface area (Å²) in [5, 5.41) is 14.4. The van der Waals surface area contributed by atoms with Gasteiger partial charge in [-0.1, -0.05) is 15.9 Å². The van der Waals surface area contributed by atoms with Gasteiger partial charge in [0.25, 0.3) is 0 Å². The maximum absolute atomic E-state index is 12.9. The maximum atomic E-state index is 12.9. The molecule has 1 N–H and O–H groups in total. The van der Waals surface area contributed by atoms with Crippen molar-refractivity contribution in [1.82, 2.24) is 23.9 Å². The number of hydrogen-bond donors (Lipinski definition) is 1. The average Bonchev–Trinajstić information content (AvgIpc) is 3.06. The smallest absolute Gasteiger partial charge is 0.333 e. The third-order valence-corrected chi connectivity index (χ3v) is 4.83. The van der Waals surface area contributed by atoms with Crippen LogP contribution in [-0.4, -0.2) is 35.6 Å². The molecule has 0 amide bonds. The number of benzene rings is 1. The lowest BCUT2D eigenvalue weighted by Crippen LogP contribution is -2.21. The summed E-state index contributed by atoms with van der Waals surface area (Å²) in [5.41, 5.74) is 3.64. The van der Waals surface area contributed by atoms with E-state index in [4.69, 9.17) is 5.11 Å². The van der Waals surface area contributed by atoms with Crippen LogP contribution in [0.3, 0.4) is 0 Å². The van der Waals surface area contributed by atoms with Gasteiger partial charge in [-0.25, -0.2) is 4.79 Å². The largest absolute Gasteiger partial charge is 0.394 e. The molecule has 4 aromatic rings. The SMILES string of the molecule is Cc1nn(CCO)cc1-n1c(=O)n(C)c2cnc3ccc(Br)cc3c21. The van der Waals surface area contributed by atoms with Crippen molar-refractivity contribution in [3.8, 4) is 5.69 Å². The van der Waals surface area contributed by atoms with Crippen LogP contribution >= 0.6 is 15.9 Å². The highest BCUT2D eigenvalue weighted by Gasteiger charge is 2.19. The van der Waals surface area contributed by atoms with E-state index in [2.05, 4.69) is 26.0 Å². The molecule has 0 saturated heterocycles. The second kappa shape index (κ2) is 5.82. The Balaban J connectivity index is 2.15. The molecule has 0 aliphatic heterocycles. The summed E-state index contributed by atoms with van der Waals surface area (Å²) in [5.74, 6) is 0. The zero-order valence-corrected chi connectivity index (χ0v) is 15.4. The van der Waals surface area contributed by atoms with Gasteiger partial charge in [-0.3, -0.25) is 18.8 Å². The summed E-state index contributed by atoms with van der Waals surface area (Å²) in [7, 11) is 1.74. The van der Waals surface area contributed by atoms with Gasteiger partial charge in [0.05, 0.1) is 47.3 Å². The van der Waals surface area contributed by atoms with Gasteiger partial charge in [0, 0.05) is 23.1 Å². The number of rotatable bonds is 3. The maximum Gasteiger partial charge on any atom is 0.333 e. The van der Waals surface area contributed by atoms with E-state index in [0.717, 1.165) is 32.1 Å². The van der Waals surface area contributed by atoms with E-state index in [9.17, 15) is 4.79 Å². The molecule has 4 rings (SSSR count). The molecule has 0 aliphatic rings. The topological polar surface area (TPSA) is 77.9 Å². The number of pyridine rings is 1. The first-order valence-electron chi connectivity index (χ1n) is 7.82. The molecule has 3 heterocycles. The fourth-order valence-electron chi connectivity index (χ4n) is 3.14. The molecule has 0 aliphatic carbocycles. The van der Waals surface area contributed by atoms with Crippen LogP contribution in [0, 0.1) is 6.92 Å². The minimum Gasteiger partial charge on any atom is -0.394 e. The van der Waals surface area contributed by atoms with Gasteiger partial charge in [0.1, 0.15) is 0 Å². The summed E-state index contributed by atoms with van der Waals surface area (Å²) in [6.07, 6.45) is 3.51. The zero-order chi connectivity index (χ0) is 17.7. The molecule has 0 saturated carbocycles. The van der Waals surface area contributed by atoms with Crippen molar-refractivity contribution in [1.29, 1.82) is 0 Å². The fourth-order valence-corrected chi connectivity index (χ4v) is 3.50. The van der Waals surface area contributed by atoms with Crippen molar-refractivity contribution < 1.29 is 5.11 Å². The Morgan fingerprint density at radius 3 is 2.88 bits per heavy atom. The fraction of sp³-hybridized carbons (Fsp3) is 0.235. The number of hydrogen-bond acceptors (Lipinski definition) is 4. The van der Waals surface area contributed by atoms with Gasteiger partial charge < -0.3 is 5.11 Å². The second-order valence-electron chi connectivity index (χ2n) is 5.92. The number of aromatic nitrogens is 5. The summed E-state index contributed by atoms with van der Waals surface area (Å²) in [6.45, 7) is 2.23. The van der Waals surface area contributed by atoms with Gasteiger partial charge in [-0.2, -0.15) is 5.10 Å². The van der Waals surface area contributed by atoms with E-state index in [1.807, 2.05) is 25.1 Å². The van der Waals surface area contributed by atoms with E-state index < -0.39 is 0 Å². The third kappa shape index (κ3) is 2.40. The molecule has 128 valence electrons. The van der Waals surface area contributed by atoms with Gasteiger partial charge in [0.15, 0.2) is 0 Å². The normalized spacial score (nSPS) is 11.7. The summed E-state index contributed by atoms with van der Waals surface area (Å²) < 4.78 is 5.83. The predicted octanol–water partition coefficient (Wildman–Crippen LogP) is 2.14. The Labute approximate surface area is 151 Å². The van der Waals surface area contributed by atoms with Crippen molar-refractivity contribution in [2.45, 2.75) is 13.5 Å². The molecule has 25 heavy (non-hydrogen) atoms. The van der Waals surface area contributed by atoms with Gasteiger partial charge in [0.2, 0.25) is 0 Å². The Hall–Kier alpha value is -2.45. The molecule has 7 nitrogen and oxygen atoms in total. The summed E-state index contributed by atoms with van der Waals surface area (Å²) >= 11 is 3.50. The molecule has 0 radical (unpaired) electrons. The van der Waals surface area contributed by atoms with Crippen LogP contribution in [0.1, 0.15) is 5.69 Å². The molecule has 0 bridgehead atoms. The lowest BCUT2D eigenvalue weighted by Gasteiger charge is -2.05. The minimum absolute atomic E-state index is 0.00913. The highest BCUT2D eigenvalue weighted by Crippen LogP contribution is 2.28. The van der Waals surface area contributed by atoms with Gasteiger partial charge >= 0.3 is 5.69 Å². The lowest BCUT2D eigenvalue weighted by molar-refractivity contribution is 0.269. The van der Waals surface area contributed by atoms with Gasteiger partial charge in [-0.15, -0.1) is 0 Å². The molecule has 0 fully saturated rings. The first-order chi connectivity index (χ1) is 12.0. The molecular weight excluding hydrogens is 386 g/mol. The van der Waals surface area contributed by atoms with Crippen molar-refractivity contribution in [3.05, 3.63) is 51.2 Å². The number of nitrogens with zero attached hydrogens (tertiary/aromatic N) is 5. The van der Waals surface area contributed by atoms with Crippen LogP contribution in [-0.2, 0) is 13.6 Å². The summed E-state index contributed by atoms with van der Waals surface area (Å²) in [6, 6.07) is 5.81. The first kappa shape index (κ1) is 16.0. The standard InChI is InChI=1S/C17H16BrN5O2/c1-10-15(9-22(20-10)5-6-24)23-16-12-7-11(18)3-4-13(12)19-8-14(16)21(2)17(23)25/h3-4,7-9,24H,5-6H2,1-2H3. The van der Waals surface area contributed by atoms with Crippen LogP contribution in [0.2, 0.25) is 0 Å². The van der Waals surface area contributed by atoms with E-state index >= 15 is 0 Å². The number of imidazole rings is 1. The van der Waals surface area contributed by atoms with Gasteiger partial charge in [-0.05, 0) is 25.1 Å². The van der Waals surface area contributed by atoms with Crippen LogP contribution in [0.25, 0.3) is 27.6 Å². The van der Waals surface area contributed by atoms with E-state index in [1.54, 1.807) is 33.3 Å². The quantitative estimate of drug-likeness (QED) is 0.570. The Bertz CT molecular complexity index is 1170. The van der Waals surface area contributed by atoms with Crippen molar-refractivity contribution in [3.63, 3.8) is 0 Å². The lowest BCUT2D eigenvalue weighted by atomic mass is 10.2. The highest BCUT2D eigenvalue weighted by molar-refractivity contribution is 9.10. The van der Waals surface area contributed by atoms with Crippen molar-refractivity contribution in [2.75, 3.05) is 6.61 Å². The van der Waals surface area contributed by atoms with Crippen LogP contribution in [0.4, 0.5) is 0 Å². The summed E-state index contributed by atoms with van der Waals surface area (Å²) in [4.78, 5) is 17.4. The number of aliphatic hydroxyl groups is 1. The Morgan fingerprint density at radius 1 is 1.32 bits per heavy atom. The van der Waals surface area contributed by atoms with E-state index in [-0.39, 0.29) is 12.3 Å². The first-order valence-corrected chi connectivity index (χ1v) is 8.61. The molecule has 0 atom stereocenters. The zero-order valence-electron chi connectivity index (χ0n) is 13.8. The van der Waals surface area contributed by atoms with Crippen molar-refractivity contribution >= 4 is 37.9 Å². The van der Waals surface area contributed by atoms with Crippen LogP contribution in [0.15, 0.2) is 39.9 Å². The minimum atomic E-state index is -0.157. The Morgan fingerprint density at radius 2 is 2.12 bits per heavy atom. The van der Waals surface area contributed by atoms with E-state index in [0.29, 0.717) is 12.2 Å².